The fourth-order valence-corrected chi connectivity index (χ4v) is 6.00. The highest BCUT2D eigenvalue weighted by Crippen LogP contribution is 2.33. The molecule has 0 unspecified atom stereocenters. The Balaban J connectivity index is 1.54. The highest BCUT2D eigenvalue weighted by molar-refractivity contribution is 5.68. The lowest BCUT2D eigenvalue weighted by molar-refractivity contribution is -0.175. The molecule has 0 saturated carbocycles. The van der Waals surface area contributed by atoms with Crippen molar-refractivity contribution >= 4 is 6.09 Å². The molecule has 0 radical (unpaired) electrons. The Morgan fingerprint density at radius 3 is 1.18 bits per heavy atom. The molecule has 18 heteroatoms. The number of hydrogen-bond donors (Lipinski definition) is 0. The maximum absolute atomic E-state index is 13.5. The van der Waals surface area contributed by atoms with Crippen molar-refractivity contribution in [2.45, 2.75) is 83.7 Å². The number of carbonyl (C=O) groups excluding carboxylic acids is 1. The molecular formula is C42H43F12N3O3. The van der Waals surface area contributed by atoms with Crippen molar-refractivity contribution in [3.8, 4) is 0 Å². The maximum atomic E-state index is 13.5. The van der Waals surface area contributed by atoms with E-state index < -0.39 is 58.7 Å². The van der Waals surface area contributed by atoms with E-state index in [1.54, 1.807) is 25.7 Å². The van der Waals surface area contributed by atoms with E-state index in [9.17, 15) is 57.5 Å². The van der Waals surface area contributed by atoms with Crippen molar-refractivity contribution in [2.75, 3.05) is 26.2 Å². The van der Waals surface area contributed by atoms with Crippen molar-refractivity contribution in [1.29, 1.82) is 0 Å². The number of benzene rings is 4. The second-order valence-electron chi connectivity index (χ2n) is 15.0. The number of amides is 1. The summed E-state index contributed by atoms with van der Waals surface area (Å²) in [6.07, 6.45) is -19.4. The van der Waals surface area contributed by atoms with Gasteiger partial charge in [0.15, 0.2) is 0 Å². The monoisotopic (exact) mass is 865 g/mol. The van der Waals surface area contributed by atoms with Gasteiger partial charge < -0.3 is 9.64 Å². The summed E-state index contributed by atoms with van der Waals surface area (Å²) in [5, 5.41) is 1.19. The van der Waals surface area contributed by atoms with Crippen LogP contribution in [0.15, 0.2) is 97.1 Å². The van der Waals surface area contributed by atoms with Crippen LogP contribution in [0.4, 0.5) is 57.5 Å². The van der Waals surface area contributed by atoms with Crippen LogP contribution in [0.1, 0.15) is 71.7 Å². The summed E-state index contributed by atoms with van der Waals surface area (Å²) >= 11 is 0. The van der Waals surface area contributed by atoms with Gasteiger partial charge in [-0.1, -0.05) is 72.8 Å². The molecule has 4 rings (SSSR count). The summed E-state index contributed by atoms with van der Waals surface area (Å²) in [4.78, 5) is 22.2. The maximum Gasteiger partial charge on any atom is 0.416 e. The minimum absolute atomic E-state index is 0.0518. The molecule has 0 spiro atoms. The molecule has 1 amide bonds. The molecule has 0 saturated heterocycles. The molecule has 0 aliphatic carbocycles. The fourth-order valence-electron chi connectivity index (χ4n) is 6.00. The van der Waals surface area contributed by atoms with E-state index in [1.165, 1.54) is 58.5 Å². The van der Waals surface area contributed by atoms with Crippen LogP contribution in [0.25, 0.3) is 0 Å². The summed E-state index contributed by atoms with van der Waals surface area (Å²) in [5.41, 5.74) is -4.01. The third-order valence-corrected chi connectivity index (χ3v) is 8.73. The fraction of sp³-hybridized carbons (Fsp3) is 0.405. The standard InChI is InChI=1S/C42H43F12N3O3/c1-38(2,3)60-37(58)56(19-18-55(25-29-9-4-13-33(21-29)39(43,44)45)26-30-10-5-14-34(22-30)40(46,47)48)17-8-20-59-57(27-31-11-6-15-35(23-31)41(49,50)51)28-32-12-7-16-36(24-32)42(52,53)54/h4-7,9-16,21-24H,8,17-20,25-28H2,1-3H3. The predicted octanol–water partition coefficient (Wildman–Crippen LogP) is 12.0. The van der Waals surface area contributed by atoms with E-state index in [1.807, 2.05) is 0 Å². The van der Waals surface area contributed by atoms with Crippen molar-refractivity contribution in [2.24, 2.45) is 0 Å². The zero-order chi connectivity index (χ0) is 44.5. The predicted molar refractivity (Wildman–Crippen MR) is 198 cm³/mol. The summed E-state index contributed by atoms with van der Waals surface area (Å²) in [5.74, 6) is 0. The molecule has 0 heterocycles. The van der Waals surface area contributed by atoms with Gasteiger partial charge in [0.2, 0.25) is 0 Å². The van der Waals surface area contributed by atoms with E-state index in [2.05, 4.69) is 0 Å². The highest BCUT2D eigenvalue weighted by Gasteiger charge is 2.33. The van der Waals surface area contributed by atoms with Gasteiger partial charge in [0.25, 0.3) is 0 Å². The molecule has 60 heavy (non-hydrogen) atoms. The lowest BCUT2D eigenvalue weighted by atomic mass is 10.1. The smallest absolute Gasteiger partial charge is 0.416 e. The van der Waals surface area contributed by atoms with E-state index in [-0.39, 0.29) is 81.1 Å². The normalized spacial score (nSPS) is 12.9. The number of nitrogens with zero attached hydrogens (tertiary/aromatic N) is 3. The van der Waals surface area contributed by atoms with Crippen LogP contribution in [-0.2, 0) is 60.5 Å². The van der Waals surface area contributed by atoms with E-state index in [0.29, 0.717) is 0 Å². The number of hydroxylamine groups is 2. The Morgan fingerprint density at radius 1 is 0.500 bits per heavy atom. The topological polar surface area (TPSA) is 45.2 Å². The van der Waals surface area contributed by atoms with Gasteiger partial charge in [-0.25, -0.2) is 4.79 Å². The molecule has 0 N–H and O–H groups in total. The van der Waals surface area contributed by atoms with Crippen LogP contribution in [0.5, 0.6) is 0 Å². The number of halogens is 12. The van der Waals surface area contributed by atoms with Crippen molar-refractivity contribution in [3.63, 3.8) is 0 Å². The van der Waals surface area contributed by atoms with Crippen LogP contribution < -0.4 is 0 Å². The molecule has 0 fully saturated rings. The second kappa shape index (κ2) is 19.7. The van der Waals surface area contributed by atoms with Gasteiger partial charge in [-0.15, -0.1) is 0 Å². The first-order chi connectivity index (χ1) is 27.8. The van der Waals surface area contributed by atoms with Crippen molar-refractivity contribution in [1.82, 2.24) is 14.9 Å². The average molecular weight is 866 g/mol. The minimum Gasteiger partial charge on any atom is -0.444 e. The van der Waals surface area contributed by atoms with Crippen LogP contribution in [-0.4, -0.2) is 52.8 Å². The number of rotatable bonds is 16. The zero-order valence-electron chi connectivity index (χ0n) is 32.7. The molecule has 0 aromatic heterocycles. The quantitative estimate of drug-likeness (QED) is 0.0638. The molecule has 4 aromatic rings. The van der Waals surface area contributed by atoms with Crippen LogP contribution in [0.2, 0.25) is 0 Å². The van der Waals surface area contributed by atoms with E-state index in [0.717, 1.165) is 48.5 Å². The Hall–Kier alpha value is -4.81. The highest BCUT2D eigenvalue weighted by atomic mass is 19.4. The van der Waals surface area contributed by atoms with Gasteiger partial charge in [0.1, 0.15) is 5.60 Å². The van der Waals surface area contributed by atoms with Crippen molar-refractivity contribution in [3.05, 3.63) is 142 Å². The van der Waals surface area contributed by atoms with E-state index in [4.69, 9.17) is 9.57 Å². The molecule has 0 bridgehead atoms. The third-order valence-electron chi connectivity index (χ3n) is 8.73. The minimum atomic E-state index is -4.66. The molecule has 328 valence electrons. The molecule has 6 nitrogen and oxygen atoms in total. The summed E-state index contributed by atoms with van der Waals surface area (Å²) in [7, 11) is 0. The molecule has 0 atom stereocenters. The van der Waals surface area contributed by atoms with E-state index >= 15 is 0 Å². The van der Waals surface area contributed by atoms with Crippen molar-refractivity contribution < 1.29 is 67.1 Å². The van der Waals surface area contributed by atoms with Gasteiger partial charge in [-0.05, 0) is 73.7 Å². The average Bonchev–Trinajstić information content (AvgIpc) is 3.12. The van der Waals surface area contributed by atoms with Gasteiger partial charge in [-0.3, -0.25) is 9.74 Å². The summed E-state index contributed by atoms with van der Waals surface area (Å²) in [6.45, 7) is 3.57. The second-order valence-corrected chi connectivity index (χ2v) is 15.0. The first-order valence-electron chi connectivity index (χ1n) is 18.5. The first kappa shape index (κ1) is 47.9. The lowest BCUT2D eigenvalue weighted by Gasteiger charge is -2.30. The Morgan fingerprint density at radius 2 is 0.850 bits per heavy atom. The number of alkyl halides is 12. The number of carbonyl (C=O) groups is 1. The van der Waals surface area contributed by atoms with Crippen LogP contribution in [0, 0.1) is 0 Å². The number of hydrogen-bond acceptors (Lipinski definition) is 5. The number of ether oxygens (including phenoxy) is 1. The largest absolute Gasteiger partial charge is 0.444 e. The molecule has 0 aliphatic heterocycles. The molecule has 0 aliphatic rings. The van der Waals surface area contributed by atoms with Gasteiger partial charge in [0, 0.05) is 45.8 Å². The SMILES string of the molecule is CC(C)(C)OC(=O)N(CCCON(Cc1cccc(C(F)(F)F)c1)Cc1cccc(C(F)(F)F)c1)CCN(Cc1cccc(C(F)(F)F)c1)Cc1cccc(C(F)(F)F)c1. The third kappa shape index (κ3) is 15.7. The zero-order valence-corrected chi connectivity index (χ0v) is 32.7. The van der Waals surface area contributed by atoms with Gasteiger partial charge >= 0.3 is 30.8 Å². The Labute approximate surface area is 339 Å². The van der Waals surface area contributed by atoms with Crippen LogP contribution >= 0.6 is 0 Å². The first-order valence-corrected chi connectivity index (χ1v) is 18.5. The Bertz CT molecular complexity index is 1890. The Kier molecular flexibility index (Phi) is 15.7. The van der Waals surface area contributed by atoms with Gasteiger partial charge in [-0.2, -0.15) is 57.7 Å². The van der Waals surface area contributed by atoms with Gasteiger partial charge in [0.05, 0.1) is 28.9 Å². The summed E-state index contributed by atoms with van der Waals surface area (Å²) < 4.78 is 168. The summed E-state index contributed by atoms with van der Waals surface area (Å²) in [6, 6.07) is 17.6. The van der Waals surface area contributed by atoms with Crippen LogP contribution in [0.3, 0.4) is 0 Å². The lowest BCUT2D eigenvalue weighted by Crippen LogP contribution is -2.42. The molecule has 4 aromatic carbocycles. The molecular weight excluding hydrogens is 822 g/mol.